The summed E-state index contributed by atoms with van der Waals surface area (Å²) in [5.41, 5.74) is 1.93. The first-order valence-corrected chi connectivity index (χ1v) is 5.03. The van der Waals surface area contributed by atoms with Crippen molar-refractivity contribution in [1.82, 2.24) is 10.6 Å². The molecule has 0 aromatic carbocycles. The van der Waals surface area contributed by atoms with Crippen LogP contribution in [0.5, 0.6) is 0 Å². The average molecular weight is 255 g/mol. The first-order valence-electron chi connectivity index (χ1n) is 5.03. The number of nitrogens with one attached hydrogen (secondary N) is 2. The minimum absolute atomic E-state index is 0.0898. The second kappa shape index (κ2) is 5.85. The number of alkyl halides is 3. The van der Waals surface area contributed by atoms with Crippen LogP contribution < -0.4 is 16.4 Å². The van der Waals surface area contributed by atoms with Gasteiger partial charge >= 0.3 is 6.18 Å². The van der Waals surface area contributed by atoms with E-state index < -0.39 is 17.6 Å². The molecule has 0 bridgehead atoms. The Morgan fingerprint density at radius 2 is 1.76 bits per heavy atom. The summed E-state index contributed by atoms with van der Waals surface area (Å²) in [6, 6.07) is 0. The van der Waals surface area contributed by atoms with Gasteiger partial charge in [0.05, 0.1) is 0 Å². The minimum Gasteiger partial charge on any atom is -0.356 e. The Morgan fingerprint density at radius 1 is 1.24 bits per heavy atom. The number of carbonyl (C=O) groups is 2. The van der Waals surface area contributed by atoms with Crippen molar-refractivity contribution in [2.75, 3.05) is 13.1 Å². The fraction of sp³-hybridized carbons (Fsp3) is 0.778. The van der Waals surface area contributed by atoms with Gasteiger partial charge in [0.25, 0.3) is 0 Å². The molecular formula is C9H16F3N3O2. The van der Waals surface area contributed by atoms with Gasteiger partial charge in [-0.25, -0.2) is 0 Å². The summed E-state index contributed by atoms with van der Waals surface area (Å²) in [7, 11) is 0. The third kappa shape index (κ3) is 4.59. The van der Waals surface area contributed by atoms with Gasteiger partial charge in [-0.1, -0.05) is 0 Å². The Hall–Kier alpha value is -1.31. The summed E-state index contributed by atoms with van der Waals surface area (Å²) in [4.78, 5) is 22.1. The van der Waals surface area contributed by atoms with E-state index in [4.69, 9.17) is 5.73 Å². The van der Waals surface area contributed by atoms with Crippen molar-refractivity contribution >= 4 is 11.8 Å². The lowest BCUT2D eigenvalue weighted by atomic mass is 10.0. The van der Waals surface area contributed by atoms with Gasteiger partial charge in [-0.05, 0) is 13.8 Å². The molecule has 0 aliphatic carbocycles. The molecule has 0 aliphatic rings. The molecule has 0 radical (unpaired) electrons. The molecule has 1 atom stereocenters. The molecule has 0 fully saturated rings. The summed E-state index contributed by atoms with van der Waals surface area (Å²) in [5, 5.41) is 4.42. The van der Waals surface area contributed by atoms with Crippen LogP contribution in [0.2, 0.25) is 0 Å². The van der Waals surface area contributed by atoms with E-state index in [1.165, 1.54) is 0 Å². The molecule has 17 heavy (non-hydrogen) atoms. The smallest absolute Gasteiger partial charge is 0.356 e. The number of hydrogen-bond acceptors (Lipinski definition) is 3. The zero-order valence-electron chi connectivity index (χ0n) is 9.65. The van der Waals surface area contributed by atoms with Crippen LogP contribution in [-0.4, -0.2) is 36.6 Å². The number of halogens is 3. The minimum atomic E-state index is -4.83. The molecule has 0 aromatic rings. The molecular weight excluding hydrogens is 239 g/mol. The highest BCUT2D eigenvalue weighted by atomic mass is 19.4. The monoisotopic (exact) mass is 255 g/mol. The highest BCUT2D eigenvalue weighted by Crippen LogP contribution is 2.27. The largest absolute Gasteiger partial charge is 0.415 e. The Bertz CT molecular complexity index is 290. The molecule has 1 unspecified atom stereocenters. The maximum Gasteiger partial charge on any atom is 0.415 e. The molecule has 0 heterocycles. The highest BCUT2D eigenvalue weighted by molar-refractivity contribution is 5.87. The van der Waals surface area contributed by atoms with Crippen LogP contribution in [0.3, 0.4) is 0 Å². The van der Waals surface area contributed by atoms with Crippen LogP contribution in [0.25, 0.3) is 0 Å². The zero-order valence-corrected chi connectivity index (χ0v) is 9.65. The second-order valence-corrected chi connectivity index (χ2v) is 3.66. The van der Waals surface area contributed by atoms with Crippen LogP contribution in [0, 0.1) is 0 Å². The van der Waals surface area contributed by atoms with Crippen LogP contribution >= 0.6 is 0 Å². The Kier molecular flexibility index (Phi) is 5.40. The molecule has 0 rings (SSSR count). The topological polar surface area (TPSA) is 84.2 Å². The van der Waals surface area contributed by atoms with Gasteiger partial charge in [-0.3, -0.25) is 9.59 Å². The van der Waals surface area contributed by atoms with Crippen molar-refractivity contribution in [3.05, 3.63) is 0 Å². The molecule has 0 spiro atoms. The van der Waals surface area contributed by atoms with Crippen LogP contribution in [-0.2, 0) is 9.59 Å². The number of amides is 2. The fourth-order valence-corrected chi connectivity index (χ4v) is 0.887. The standard InChI is InChI=1S/C9H16F3N3O2/c1-3-14-6(16)4-5-15-7(17)8(2,13)9(10,11)12/h3-5,13H2,1-2H3,(H,14,16)(H,15,17). The van der Waals surface area contributed by atoms with E-state index in [-0.39, 0.29) is 18.9 Å². The number of hydrogen-bond donors (Lipinski definition) is 3. The van der Waals surface area contributed by atoms with Gasteiger partial charge in [-0.2, -0.15) is 13.2 Å². The normalized spacial score (nSPS) is 14.9. The predicted octanol–water partition coefficient (Wildman–Crippen LogP) is -0.0915. The van der Waals surface area contributed by atoms with Gasteiger partial charge < -0.3 is 16.4 Å². The summed E-state index contributed by atoms with van der Waals surface area (Å²) >= 11 is 0. The van der Waals surface area contributed by atoms with Crippen LogP contribution in [0.1, 0.15) is 20.3 Å². The highest BCUT2D eigenvalue weighted by Gasteiger charge is 2.53. The van der Waals surface area contributed by atoms with E-state index in [2.05, 4.69) is 5.32 Å². The summed E-state index contributed by atoms with van der Waals surface area (Å²) in [6.07, 6.45) is -4.92. The van der Waals surface area contributed by atoms with Crippen molar-refractivity contribution < 1.29 is 22.8 Å². The van der Waals surface area contributed by atoms with Crippen LogP contribution in [0.15, 0.2) is 0 Å². The molecule has 5 nitrogen and oxygen atoms in total. The third-order valence-corrected chi connectivity index (χ3v) is 2.07. The quantitative estimate of drug-likeness (QED) is 0.642. The van der Waals surface area contributed by atoms with Gasteiger partial charge in [0.15, 0.2) is 5.54 Å². The molecule has 8 heteroatoms. The van der Waals surface area contributed by atoms with E-state index >= 15 is 0 Å². The van der Waals surface area contributed by atoms with Crippen molar-refractivity contribution in [2.24, 2.45) is 5.73 Å². The van der Waals surface area contributed by atoms with Gasteiger partial charge in [0.1, 0.15) is 0 Å². The second-order valence-electron chi connectivity index (χ2n) is 3.66. The molecule has 100 valence electrons. The van der Waals surface area contributed by atoms with E-state index in [1.807, 2.05) is 5.32 Å². The molecule has 0 aromatic heterocycles. The van der Waals surface area contributed by atoms with Gasteiger partial charge in [-0.15, -0.1) is 0 Å². The molecule has 0 saturated heterocycles. The lowest BCUT2D eigenvalue weighted by Crippen LogP contribution is -2.61. The molecule has 0 saturated carbocycles. The SMILES string of the molecule is CCNC(=O)CCNC(=O)C(C)(N)C(F)(F)F. The molecule has 4 N–H and O–H groups in total. The van der Waals surface area contributed by atoms with E-state index in [0.29, 0.717) is 13.5 Å². The van der Waals surface area contributed by atoms with E-state index in [1.54, 1.807) is 6.92 Å². The Labute approximate surface area is 96.9 Å². The van der Waals surface area contributed by atoms with Crippen molar-refractivity contribution in [2.45, 2.75) is 32.0 Å². The summed E-state index contributed by atoms with van der Waals surface area (Å²) in [5.74, 6) is -1.70. The first-order chi connectivity index (χ1) is 7.63. The zero-order chi connectivity index (χ0) is 13.7. The summed E-state index contributed by atoms with van der Waals surface area (Å²) < 4.78 is 37.0. The Balaban J connectivity index is 4.16. The van der Waals surface area contributed by atoms with Gasteiger partial charge in [0, 0.05) is 19.5 Å². The predicted molar refractivity (Wildman–Crippen MR) is 55.0 cm³/mol. The lowest BCUT2D eigenvalue weighted by molar-refractivity contribution is -0.187. The lowest BCUT2D eigenvalue weighted by Gasteiger charge is -2.26. The van der Waals surface area contributed by atoms with Crippen molar-refractivity contribution in [1.29, 1.82) is 0 Å². The summed E-state index contributed by atoms with van der Waals surface area (Å²) in [6.45, 7) is 2.52. The van der Waals surface area contributed by atoms with Crippen molar-refractivity contribution in [3.63, 3.8) is 0 Å². The molecule has 2 amide bonds. The number of rotatable bonds is 5. The van der Waals surface area contributed by atoms with E-state index in [0.717, 1.165) is 0 Å². The maximum absolute atomic E-state index is 12.3. The number of carbonyl (C=O) groups excluding carboxylic acids is 2. The first kappa shape index (κ1) is 15.7. The number of nitrogens with two attached hydrogens (primary N) is 1. The third-order valence-electron chi connectivity index (χ3n) is 2.07. The molecule has 0 aliphatic heterocycles. The van der Waals surface area contributed by atoms with E-state index in [9.17, 15) is 22.8 Å². The maximum atomic E-state index is 12.3. The van der Waals surface area contributed by atoms with Crippen LogP contribution in [0.4, 0.5) is 13.2 Å². The Morgan fingerprint density at radius 3 is 2.18 bits per heavy atom. The van der Waals surface area contributed by atoms with Crippen molar-refractivity contribution in [3.8, 4) is 0 Å². The fourth-order valence-electron chi connectivity index (χ4n) is 0.887. The average Bonchev–Trinajstić information content (AvgIpc) is 2.16. The van der Waals surface area contributed by atoms with Gasteiger partial charge in [0.2, 0.25) is 11.8 Å².